The van der Waals surface area contributed by atoms with E-state index in [-0.39, 0.29) is 6.54 Å². The monoisotopic (exact) mass is 210 g/mol. The minimum atomic E-state index is -0.530. The number of nitrogens with two attached hydrogens (primary N) is 1. The molecule has 15 heavy (non-hydrogen) atoms. The highest BCUT2D eigenvalue weighted by Crippen LogP contribution is 2.22. The van der Waals surface area contributed by atoms with E-state index in [1.54, 1.807) is 0 Å². The van der Waals surface area contributed by atoms with E-state index in [2.05, 4.69) is 25.3 Å². The summed E-state index contributed by atoms with van der Waals surface area (Å²) in [5.41, 5.74) is 8.78. The number of hydrogen-bond donors (Lipinski definition) is 2. The van der Waals surface area contributed by atoms with Gasteiger partial charge in [-0.2, -0.15) is 0 Å². The Labute approximate surface area is 91.9 Å². The first kappa shape index (κ1) is 12.3. The highest BCUT2D eigenvalue weighted by molar-refractivity contribution is 5.29. The molecule has 1 aromatic heterocycles. The summed E-state index contributed by atoms with van der Waals surface area (Å²) in [6, 6.07) is 2.04. The summed E-state index contributed by atoms with van der Waals surface area (Å²) in [7, 11) is 0. The van der Waals surface area contributed by atoms with E-state index in [9.17, 15) is 5.11 Å². The molecular formula is C12H22N2O. The summed E-state index contributed by atoms with van der Waals surface area (Å²) < 4.78 is 2.25. The first-order chi connectivity index (χ1) is 6.97. The summed E-state index contributed by atoms with van der Waals surface area (Å²) in [5.74, 6) is 0.609. The van der Waals surface area contributed by atoms with E-state index < -0.39 is 6.10 Å². The third-order valence-electron chi connectivity index (χ3n) is 2.74. The topological polar surface area (TPSA) is 51.2 Å². The predicted molar refractivity (Wildman–Crippen MR) is 62.8 cm³/mol. The Bertz CT molecular complexity index is 329. The molecule has 1 unspecified atom stereocenters. The van der Waals surface area contributed by atoms with Crippen LogP contribution in [0.15, 0.2) is 6.07 Å². The number of aliphatic hydroxyl groups excluding tert-OH is 1. The van der Waals surface area contributed by atoms with Crippen LogP contribution in [0.1, 0.15) is 36.9 Å². The number of aromatic nitrogens is 1. The molecule has 1 rings (SSSR count). The molecule has 0 amide bonds. The van der Waals surface area contributed by atoms with E-state index >= 15 is 0 Å². The van der Waals surface area contributed by atoms with Crippen molar-refractivity contribution in [2.75, 3.05) is 6.54 Å². The van der Waals surface area contributed by atoms with Crippen molar-refractivity contribution in [3.05, 3.63) is 23.0 Å². The van der Waals surface area contributed by atoms with Crippen LogP contribution in [0.5, 0.6) is 0 Å². The van der Waals surface area contributed by atoms with Gasteiger partial charge in [0.2, 0.25) is 0 Å². The van der Waals surface area contributed by atoms with E-state index in [1.807, 2.05) is 13.0 Å². The van der Waals surface area contributed by atoms with Crippen molar-refractivity contribution >= 4 is 0 Å². The lowest BCUT2D eigenvalue weighted by Gasteiger charge is -2.13. The van der Waals surface area contributed by atoms with Gasteiger partial charge in [-0.3, -0.25) is 0 Å². The first-order valence-corrected chi connectivity index (χ1v) is 5.52. The van der Waals surface area contributed by atoms with Gasteiger partial charge in [0.1, 0.15) is 0 Å². The molecule has 3 nitrogen and oxygen atoms in total. The SMILES string of the molecule is Cc1cc(C(O)CN)c(C)n1CC(C)C. The predicted octanol–water partition coefficient (Wildman–Crippen LogP) is 1.75. The first-order valence-electron chi connectivity index (χ1n) is 5.52. The van der Waals surface area contributed by atoms with Crippen LogP contribution < -0.4 is 5.73 Å². The maximum absolute atomic E-state index is 9.74. The van der Waals surface area contributed by atoms with Crippen molar-refractivity contribution in [1.82, 2.24) is 4.57 Å². The molecular weight excluding hydrogens is 188 g/mol. The van der Waals surface area contributed by atoms with Crippen LogP contribution in [-0.2, 0) is 6.54 Å². The molecule has 0 saturated carbocycles. The lowest BCUT2D eigenvalue weighted by atomic mass is 10.1. The molecule has 1 aromatic rings. The average Bonchev–Trinajstić information content (AvgIpc) is 2.44. The van der Waals surface area contributed by atoms with Crippen LogP contribution in [0.2, 0.25) is 0 Å². The Hall–Kier alpha value is -0.800. The van der Waals surface area contributed by atoms with Gasteiger partial charge in [-0.15, -0.1) is 0 Å². The zero-order chi connectivity index (χ0) is 11.6. The van der Waals surface area contributed by atoms with Gasteiger partial charge in [0.05, 0.1) is 6.10 Å². The van der Waals surface area contributed by atoms with Gasteiger partial charge in [0.25, 0.3) is 0 Å². The van der Waals surface area contributed by atoms with Crippen LogP contribution in [0.25, 0.3) is 0 Å². The zero-order valence-electron chi connectivity index (χ0n) is 10.1. The molecule has 86 valence electrons. The minimum absolute atomic E-state index is 0.284. The smallest absolute Gasteiger partial charge is 0.0929 e. The van der Waals surface area contributed by atoms with Crippen LogP contribution in [0, 0.1) is 19.8 Å². The Morgan fingerprint density at radius 3 is 2.47 bits per heavy atom. The van der Waals surface area contributed by atoms with Gasteiger partial charge in [-0.1, -0.05) is 13.8 Å². The van der Waals surface area contributed by atoms with Crippen LogP contribution in [0.3, 0.4) is 0 Å². The van der Waals surface area contributed by atoms with Gasteiger partial charge >= 0.3 is 0 Å². The molecule has 1 heterocycles. The average molecular weight is 210 g/mol. The lowest BCUT2D eigenvalue weighted by molar-refractivity contribution is 0.186. The Morgan fingerprint density at radius 2 is 2.00 bits per heavy atom. The van der Waals surface area contributed by atoms with Crippen LogP contribution >= 0.6 is 0 Å². The normalized spacial score (nSPS) is 13.5. The summed E-state index contributed by atoms with van der Waals surface area (Å²) in [5, 5.41) is 9.74. The lowest BCUT2D eigenvalue weighted by Crippen LogP contribution is -2.13. The van der Waals surface area contributed by atoms with Gasteiger partial charge < -0.3 is 15.4 Å². The van der Waals surface area contributed by atoms with Gasteiger partial charge in [0, 0.05) is 30.0 Å². The van der Waals surface area contributed by atoms with Crippen molar-refractivity contribution in [3.63, 3.8) is 0 Å². The summed E-state index contributed by atoms with van der Waals surface area (Å²) in [6.07, 6.45) is -0.530. The Balaban J connectivity index is 3.03. The molecule has 0 aliphatic heterocycles. The second kappa shape index (κ2) is 4.81. The highest BCUT2D eigenvalue weighted by atomic mass is 16.3. The third kappa shape index (κ3) is 2.61. The number of rotatable bonds is 4. The molecule has 0 aliphatic rings. The maximum atomic E-state index is 9.74. The van der Waals surface area contributed by atoms with E-state index in [4.69, 9.17) is 5.73 Å². The van der Waals surface area contributed by atoms with Crippen LogP contribution in [-0.4, -0.2) is 16.2 Å². The van der Waals surface area contributed by atoms with Crippen molar-refractivity contribution in [2.45, 2.75) is 40.3 Å². The standard InChI is InChI=1S/C12H22N2O/c1-8(2)7-14-9(3)5-11(10(14)4)12(15)6-13/h5,8,12,15H,6-7,13H2,1-4H3. The van der Waals surface area contributed by atoms with Gasteiger partial charge in [-0.05, 0) is 25.8 Å². The Morgan fingerprint density at radius 1 is 1.40 bits per heavy atom. The quantitative estimate of drug-likeness (QED) is 0.795. The summed E-state index contributed by atoms with van der Waals surface area (Å²) >= 11 is 0. The van der Waals surface area contributed by atoms with Crippen molar-refractivity contribution in [2.24, 2.45) is 11.7 Å². The minimum Gasteiger partial charge on any atom is -0.387 e. The second-order valence-electron chi connectivity index (χ2n) is 4.58. The fraction of sp³-hybridized carbons (Fsp3) is 0.667. The van der Waals surface area contributed by atoms with Crippen molar-refractivity contribution < 1.29 is 5.11 Å². The van der Waals surface area contributed by atoms with Crippen molar-refractivity contribution in [3.8, 4) is 0 Å². The molecule has 0 aliphatic carbocycles. The number of nitrogens with zero attached hydrogens (tertiary/aromatic N) is 1. The molecule has 1 atom stereocenters. The molecule has 0 saturated heterocycles. The number of aryl methyl sites for hydroxylation is 1. The molecule has 0 fully saturated rings. The van der Waals surface area contributed by atoms with Gasteiger partial charge in [-0.25, -0.2) is 0 Å². The van der Waals surface area contributed by atoms with Gasteiger partial charge in [0.15, 0.2) is 0 Å². The molecule has 3 N–H and O–H groups in total. The molecule has 0 spiro atoms. The molecule has 0 bridgehead atoms. The van der Waals surface area contributed by atoms with E-state index in [0.717, 1.165) is 17.8 Å². The largest absolute Gasteiger partial charge is 0.387 e. The number of aliphatic hydroxyl groups is 1. The van der Waals surface area contributed by atoms with Crippen LogP contribution in [0.4, 0.5) is 0 Å². The molecule has 0 radical (unpaired) electrons. The number of hydrogen-bond acceptors (Lipinski definition) is 2. The van der Waals surface area contributed by atoms with E-state index in [0.29, 0.717) is 5.92 Å². The fourth-order valence-electron chi connectivity index (χ4n) is 1.94. The van der Waals surface area contributed by atoms with E-state index in [1.165, 1.54) is 5.69 Å². The van der Waals surface area contributed by atoms with Crippen molar-refractivity contribution in [1.29, 1.82) is 0 Å². The Kier molecular flexibility index (Phi) is 3.94. The fourth-order valence-corrected chi connectivity index (χ4v) is 1.94. The zero-order valence-corrected chi connectivity index (χ0v) is 10.1. The summed E-state index contributed by atoms with van der Waals surface area (Å²) in [4.78, 5) is 0. The maximum Gasteiger partial charge on any atom is 0.0929 e. The second-order valence-corrected chi connectivity index (χ2v) is 4.58. The summed E-state index contributed by atoms with van der Waals surface area (Å²) in [6.45, 7) is 9.78. The highest BCUT2D eigenvalue weighted by Gasteiger charge is 2.15. The third-order valence-corrected chi connectivity index (χ3v) is 2.74. The molecule has 0 aromatic carbocycles. The molecule has 3 heteroatoms.